The summed E-state index contributed by atoms with van der Waals surface area (Å²) >= 11 is 0. The maximum absolute atomic E-state index is 12.4. The van der Waals surface area contributed by atoms with E-state index >= 15 is 0 Å². The van der Waals surface area contributed by atoms with Crippen LogP contribution in [0.15, 0.2) is 24.3 Å². The Labute approximate surface area is 125 Å². The van der Waals surface area contributed by atoms with Crippen LogP contribution in [0.5, 0.6) is 0 Å². The maximum atomic E-state index is 12.4. The predicted molar refractivity (Wildman–Crippen MR) is 85.3 cm³/mol. The molecule has 0 atom stereocenters. The monoisotopic (exact) mass is 286 g/mol. The Bertz CT molecular complexity index is 643. The summed E-state index contributed by atoms with van der Waals surface area (Å²) in [7, 11) is 1.78. The minimum Gasteiger partial charge on any atom is -0.396 e. The molecule has 2 N–H and O–H groups in total. The number of amides is 1. The standard InChI is InChI=1S/C16H22N4O/c1-5-13-6-8-14(9-7-13)19(4)15(21)10-20-12(3)16(17)11(2)18-20/h6-9H,5,10,17H2,1-4H3. The van der Waals surface area contributed by atoms with Crippen molar-refractivity contribution >= 4 is 17.3 Å². The number of anilines is 2. The molecule has 112 valence electrons. The van der Waals surface area contributed by atoms with Crippen molar-refractivity contribution in [3.8, 4) is 0 Å². The molecule has 0 aliphatic rings. The van der Waals surface area contributed by atoms with Crippen LogP contribution < -0.4 is 10.6 Å². The first kappa shape index (κ1) is 15.1. The van der Waals surface area contributed by atoms with Crippen LogP contribution >= 0.6 is 0 Å². The molecule has 5 nitrogen and oxygen atoms in total. The molecule has 0 saturated carbocycles. The molecular formula is C16H22N4O. The van der Waals surface area contributed by atoms with Crippen LogP contribution in [-0.4, -0.2) is 22.7 Å². The van der Waals surface area contributed by atoms with E-state index in [9.17, 15) is 4.79 Å². The fraction of sp³-hybridized carbons (Fsp3) is 0.375. The highest BCUT2D eigenvalue weighted by Crippen LogP contribution is 2.17. The molecule has 0 unspecified atom stereocenters. The maximum Gasteiger partial charge on any atom is 0.248 e. The number of likely N-dealkylation sites (N-methyl/N-ethyl adjacent to an activating group) is 1. The summed E-state index contributed by atoms with van der Waals surface area (Å²) in [5.74, 6) is -0.0233. The van der Waals surface area contributed by atoms with Gasteiger partial charge in [0.1, 0.15) is 6.54 Å². The van der Waals surface area contributed by atoms with Crippen molar-refractivity contribution in [2.45, 2.75) is 33.7 Å². The number of hydrogen-bond acceptors (Lipinski definition) is 3. The van der Waals surface area contributed by atoms with Gasteiger partial charge in [-0.2, -0.15) is 5.10 Å². The Morgan fingerprint density at radius 1 is 1.29 bits per heavy atom. The minimum absolute atomic E-state index is 0.0233. The molecule has 0 aliphatic heterocycles. The Morgan fingerprint density at radius 3 is 2.38 bits per heavy atom. The number of nitrogens with zero attached hydrogens (tertiary/aromatic N) is 3. The highest BCUT2D eigenvalue weighted by molar-refractivity contribution is 5.92. The molecule has 1 heterocycles. The Hall–Kier alpha value is -2.30. The third-order valence-electron chi connectivity index (χ3n) is 3.83. The molecule has 0 radical (unpaired) electrons. The van der Waals surface area contributed by atoms with E-state index < -0.39 is 0 Å². The Balaban J connectivity index is 2.13. The highest BCUT2D eigenvalue weighted by atomic mass is 16.2. The van der Waals surface area contributed by atoms with E-state index in [-0.39, 0.29) is 12.5 Å². The quantitative estimate of drug-likeness (QED) is 0.938. The van der Waals surface area contributed by atoms with E-state index in [2.05, 4.69) is 12.0 Å². The molecule has 2 aromatic rings. The molecule has 5 heteroatoms. The molecule has 0 saturated heterocycles. The molecule has 21 heavy (non-hydrogen) atoms. The largest absolute Gasteiger partial charge is 0.396 e. The van der Waals surface area contributed by atoms with Crippen molar-refractivity contribution in [3.63, 3.8) is 0 Å². The van der Waals surface area contributed by atoms with Gasteiger partial charge in [-0.1, -0.05) is 19.1 Å². The predicted octanol–water partition coefficient (Wildman–Crippen LogP) is 2.31. The lowest BCUT2D eigenvalue weighted by molar-refractivity contribution is -0.119. The van der Waals surface area contributed by atoms with Gasteiger partial charge in [-0.15, -0.1) is 0 Å². The second kappa shape index (κ2) is 5.99. The summed E-state index contributed by atoms with van der Waals surface area (Å²) < 4.78 is 1.66. The summed E-state index contributed by atoms with van der Waals surface area (Å²) in [5, 5.41) is 4.30. The molecular weight excluding hydrogens is 264 g/mol. The van der Waals surface area contributed by atoms with Crippen molar-refractivity contribution in [1.29, 1.82) is 0 Å². The van der Waals surface area contributed by atoms with Gasteiger partial charge in [0, 0.05) is 12.7 Å². The van der Waals surface area contributed by atoms with Crippen LogP contribution in [0.2, 0.25) is 0 Å². The van der Waals surface area contributed by atoms with E-state index in [0.717, 1.165) is 23.5 Å². The van der Waals surface area contributed by atoms with Crippen LogP contribution in [0.4, 0.5) is 11.4 Å². The van der Waals surface area contributed by atoms with E-state index in [0.29, 0.717) is 5.69 Å². The average Bonchev–Trinajstić information content (AvgIpc) is 2.74. The van der Waals surface area contributed by atoms with Crippen molar-refractivity contribution < 1.29 is 4.79 Å². The lowest BCUT2D eigenvalue weighted by atomic mass is 10.1. The molecule has 1 aromatic heterocycles. The van der Waals surface area contributed by atoms with E-state index in [4.69, 9.17) is 5.73 Å². The van der Waals surface area contributed by atoms with Gasteiger partial charge < -0.3 is 10.6 Å². The summed E-state index contributed by atoms with van der Waals surface area (Å²) in [6.07, 6.45) is 0.989. The van der Waals surface area contributed by atoms with Gasteiger partial charge in [-0.05, 0) is 38.0 Å². The molecule has 0 fully saturated rings. The number of carbonyl (C=O) groups is 1. The smallest absolute Gasteiger partial charge is 0.248 e. The van der Waals surface area contributed by atoms with Gasteiger partial charge in [0.05, 0.1) is 17.1 Å². The van der Waals surface area contributed by atoms with Crippen LogP contribution in [0, 0.1) is 13.8 Å². The molecule has 0 aliphatic carbocycles. The zero-order valence-corrected chi connectivity index (χ0v) is 13.1. The zero-order chi connectivity index (χ0) is 15.6. The van der Waals surface area contributed by atoms with E-state index in [1.165, 1.54) is 5.56 Å². The SMILES string of the molecule is CCc1ccc(N(C)C(=O)Cn2nc(C)c(N)c2C)cc1. The number of aryl methyl sites for hydroxylation is 2. The van der Waals surface area contributed by atoms with Crippen LogP contribution in [0.3, 0.4) is 0 Å². The van der Waals surface area contributed by atoms with Crippen LogP contribution in [0.25, 0.3) is 0 Å². The summed E-state index contributed by atoms with van der Waals surface area (Å²) in [5.41, 5.74) is 10.3. The molecule has 1 amide bonds. The van der Waals surface area contributed by atoms with Gasteiger partial charge in [0.15, 0.2) is 0 Å². The van der Waals surface area contributed by atoms with Crippen LogP contribution in [0.1, 0.15) is 23.9 Å². The van der Waals surface area contributed by atoms with E-state index in [1.807, 2.05) is 38.1 Å². The lowest BCUT2D eigenvalue weighted by Gasteiger charge is -2.18. The van der Waals surface area contributed by atoms with Crippen molar-refractivity contribution in [3.05, 3.63) is 41.2 Å². The summed E-state index contributed by atoms with van der Waals surface area (Å²) in [6, 6.07) is 8.01. The van der Waals surface area contributed by atoms with Gasteiger partial charge in [0.25, 0.3) is 0 Å². The molecule has 0 bridgehead atoms. The molecule has 2 rings (SSSR count). The first-order valence-electron chi connectivity index (χ1n) is 7.09. The van der Waals surface area contributed by atoms with Crippen LogP contribution in [-0.2, 0) is 17.8 Å². The third-order valence-corrected chi connectivity index (χ3v) is 3.83. The fourth-order valence-electron chi connectivity index (χ4n) is 2.20. The lowest BCUT2D eigenvalue weighted by Crippen LogP contribution is -2.30. The number of aromatic nitrogens is 2. The normalized spacial score (nSPS) is 10.7. The van der Waals surface area contributed by atoms with Gasteiger partial charge >= 0.3 is 0 Å². The number of carbonyl (C=O) groups excluding carboxylic acids is 1. The van der Waals surface area contributed by atoms with Crippen molar-refractivity contribution in [2.24, 2.45) is 0 Å². The number of rotatable bonds is 4. The first-order valence-corrected chi connectivity index (χ1v) is 7.09. The number of hydrogen-bond donors (Lipinski definition) is 1. The molecule has 1 aromatic carbocycles. The topological polar surface area (TPSA) is 64.2 Å². The highest BCUT2D eigenvalue weighted by Gasteiger charge is 2.15. The van der Waals surface area contributed by atoms with E-state index in [1.54, 1.807) is 16.6 Å². The minimum atomic E-state index is -0.0233. The summed E-state index contributed by atoms with van der Waals surface area (Å²) in [4.78, 5) is 14.0. The van der Waals surface area contributed by atoms with Crippen molar-refractivity contribution in [2.75, 3.05) is 17.7 Å². The number of nitrogen functional groups attached to an aromatic ring is 1. The Kier molecular flexibility index (Phi) is 4.31. The average molecular weight is 286 g/mol. The van der Waals surface area contributed by atoms with Crippen molar-refractivity contribution in [1.82, 2.24) is 9.78 Å². The van der Waals surface area contributed by atoms with Gasteiger partial charge in [-0.3, -0.25) is 9.48 Å². The number of benzene rings is 1. The van der Waals surface area contributed by atoms with Gasteiger partial charge in [0.2, 0.25) is 5.91 Å². The number of nitrogens with two attached hydrogens (primary N) is 1. The third kappa shape index (κ3) is 3.07. The second-order valence-corrected chi connectivity index (χ2v) is 5.21. The first-order chi connectivity index (χ1) is 9.93. The second-order valence-electron chi connectivity index (χ2n) is 5.21. The Morgan fingerprint density at radius 2 is 1.90 bits per heavy atom. The molecule has 0 spiro atoms. The zero-order valence-electron chi connectivity index (χ0n) is 13.1. The fourth-order valence-corrected chi connectivity index (χ4v) is 2.20. The van der Waals surface area contributed by atoms with Gasteiger partial charge in [-0.25, -0.2) is 0 Å². The summed E-state index contributed by atoms with van der Waals surface area (Å²) in [6.45, 7) is 6.02.